The largest absolute Gasteiger partial charge is 0.375 e. The zero-order valence-corrected chi connectivity index (χ0v) is 6.95. The molecule has 0 unspecified atom stereocenters. The third-order valence-electron chi connectivity index (χ3n) is 2.24. The van der Waals surface area contributed by atoms with Crippen molar-refractivity contribution in [3.05, 3.63) is 0 Å². The maximum atomic E-state index is 8.70. The molecule has 0 aromatic carbocycles. The summed E-state index contributed by atoms with van der Waals surface area (Å²) in [5.41, 5.74) is 6.06. The predicted molar refractivity (Wildman–Crippen MR) is 45.5 cm³/mol. The maximum absolute atomic E-state index is 8.70. The van der Waals surface area contributed by atoms with Gasteiger partial charge in [0.25, 0.3) is 0 Å². The summed E-state index contributed by atoms with van der Waals surface area (Å²) in [5.74, 6) is 0. The topological polar surface area (TPSA) is 82.4 Å². The van der Waals surface area contributed by atoms with Crippen molar-refractivity contribution in [1.82, 2.24) is 0 Å². The van der Waals surface area contributed by atoms with Gasteiger partial charge in [-0.15, -0.1) is 0 Å². The lowest BCUT2D eigenvalue weighted by Gasteiger charge is -2.26. The van der Waals surface area contributed by atoms with E-state index in [1.165, 1.54) is 0 Å². The lowest BCUT2D eigenvalue weighted by molar-refractivity contribution is 0.307. The van der Waals surface area contributed by atoms with Gasteiger partial charge in [-0.25, -0.2) is 0 Å². The molecule has 0 atom stereocenters. The number of rotatable bonds is 1. The second-order valence-corrected chi connectivity index (χ2v) is 3.13. The molecule has 1 aliphatic rings. The minimum absolute atomic E-state index is 0.153. The smallest absolute Gasteiger partial charge is 0.134 e. The lowest BCUT2D eigenvalue weighted by atomic mass is 9.83. The van der Waals surface area contributed by atoms with Crippen LogP contribution in [-0.2, 0) is 0 Å². The lowest BCUT2D eigenvalue weighted by Crippen LogP contribution is -2.41. The number of nitrogens with two attached hydrogens (primary N) is 1. The molecule has 1 aliphatic carbocycles. The van der Waals surface area contributed by atoms with Crippen LogP contribution in [0, 0.1) is 11.3 Å². The van der Waals surface area contributed by atoms with Crippen molar-refractivity contribution < 1.29 is 5.11 Å². The van der Waals surface area contributed by atoms with E-state index < -0.39 is 5.54 Å². The second-order valence-electron chi connectivity index (χ2n) is 3.13. The fraction of sp³-hybridized carbons (Fsp3) is 0.750. The van der Waals surface area contributed by atoms with Gasteiger partial charge in [0.15, 0.2) is 0 Å². The molecule has 0 heterocycles. The molecule has 1 saturated carbocycles. The van der Waals surface area contributed by atoms with Crippen molar-refractivity contribution in [3.63, 3.8) is 0 Å². The third-order valence-corrected chi connectivity index (χ3v) is 2.24. The van der Waals surface area contributed by atoms with E-state index in [0.29, 0.717) is 12.8 Å². The van der Waals surface area contributed by atoms with Gasteiger partial charge in [0.05, 0.1) is 6.07 Å². The van der Waals surface area contributed by atoms with Crippen LogP contribution in [0.1, 0.15) is 25.7 Å². The Hall–Kier alpha value is -0.920. The Balaban J connectivity index is 2.51. The number of aliphatic imine (C=N–C) groups is 1. The average molecular weight is 167 g/mol. The molecule has 0 aromatic heterocycles. The molecule has 12 heavy (non-hydrogen) atoms. The summed E-state index contributed by atoms with van der Waals surface area (Å²) >= 11 is 0. The molecular weight excluding hydrogens is 154 g/mol. The average Bonchev–Trinajstić information content (AvgIpc) is 2.10. The van der Waals surface area contributed by atoms with Crippen LogP contribution in [0.3, 0.4) is 0 Å². The maximum Gasteiger partial charge on any atom is 0.134 e. The molecule has 0 aromatic rings. The second kappa shape index (κ2) is 3.65. The van der Waals surface area contributed by atoms with Crippen molar-refractivity contribution >= 4 is 5.71 Å². The van der Waals surface area contributed by atoms with Gasteiger partial charge in [0.1, 0.15) is 12.3 Å². The van der Waals surface area contributed by atoms with Crippen LogP contribution in [-0.4, -0.2) is 23.1 Å². The Labute approximate surface area is 71.7 Å². The van der Waals surface area contributed by atoms with E-state index in [-0.39, 0.29) is 6.73 Å². The van der Waals surface area contributed by atoms with Gasteiger partial charge in [-0.1, -0.05) is 0 Å². The standard InChI is InChI=1S/C8H13N3O/c9-5-8(10)3-1-7(2-4-8)11-6-12/h12H,1-4,6,10H2. The van der Waals surface area contributed by atoms with Gasteiger partial charge >= 0.3 is 0 Å². The molecule has 66 valence electrons. The number of aliphatic hydroxyl groups is 1. The molecule has 0 bridgehead atoms. The summed E-state index contributed by atoms with van der Waals surface area (Å²) in [4.78, 5) is 3.89. The summed E-state index contributed by atoms with van der Waals surface area (Å²) in [6.07, 6.45) is 2.79. The van der Waals surface area contributed by atoms with Gasteiger partial charge in [0, 0.05) is 5.71 Å². The zero-order valence-electron chi connectivity index (χ0n) is 6.95. The number of hydrogen-bond acceptors (Lipinski definition) is 4. The van der Waals surface area contributed by atoms with E-state index >= 15 is 0 Å². The summed E-state index contributed by atoms with van der Waals surface area (Å²) in [6, 6.07) is 2.10. The summed E-state index contributed by atoms with van der Waals surface area (Å²) in [5, 5.41) is 17.2. The number of nitrogens with zero attached hydrogens (tertiary/aromatic N) is 2. The van der Waals surface area contributed by atoms with E-state index in [1.54, 1.807) is 0 Å². The van der Waals surface area contributed by atoms with Crippen LogP contribution < -0.4 is 5.73 Å². The van der Waals surface area contributed by atoms with E-state index in [1.807, 2.05) is 0 Å². The molecule has 0 aliphatic heterocycles. The highest BCUT2D eigenvalue weighted by Gasteiger charge is 2.29. The van der Waals surface area contributed by atoms with E-state index in [0.717, 1.165) is 18.6 Å². The summed E-state index contributed by atoms with van der Waals surface area (Å²) in [7, 11) is 0. The van der Waals surface area contributed by atoms with Crippen LogP contribution in [0.15, 0.2) is 4.99 Å². The molecule has 0 radical (unpaired) electrons. The van der Waals surface area contributed by atoms with Gasteiger partial charge in [-0.3, -0.25) is 4.99 Å². The quantitative estimate of drug-likeness (QED) is 0.584. The Morgan fingerprint density at radius 2 is 2.17 bits per heavy atom. The Morgan fingerprint density at radius 3 is 2.58 bits per heavy atom. The first-order valence-corrected chi connectivity index (χ1v) is 4.03. The summed E-state index contributed by atoms with van der Waals surface area (Å²) in [6.45, 7) is -0.153. The molecule has 3 N–H and O–H groups in total. The SMILES string of the molecule is N#CC1(N)CCC(=NCO)CC1. The number of aliphatic hydroxyl groups excluding tert-OH is 1. The molecule has 1 fully saturated rings. The normalized spacial score (nSPS) is 29.6. The molecule has 1 rings (SSSR count). The Kier molecular flexibility index (Phi) is 2.79. The minimum Gasteiger partial charge on any atom is -0.375 e. The first-order valence-electron chi connectivity index (χ1n) is 4.03. The van der Waals surface area contributed by atoms with E-state index in [2.05, 4.69) is 11.1 Å². The van der Waals surface area contributed by atoms with Gasteiger partial charge in [-0.2, -0.15) is 5.26 Å². The fourth-order valence-corrected chi connectivity index (χ4v) is 1.35. The highest BCUT2D eigenvalue weighted by atomic mass is 16.3. The number of nitriles is 1. The van der Waals surface area contributed by atoms with E-state index in [4.69, 9.17) is 16.1 Å². The van der Waals surface area contributed by atoms with Gasteiger partial charge in [-0.05, 0) is 25.7 Å². The first-order chi connectivity index (χ1) is 5.70. The van der Waals surface area contributed by atoms with Crippen LogP contribution in [0.2, 0.25) is 0 Å². The van der Waals surface area contributed by atoms with Crippen LogP contribution in [0.4, 0.5) is 0 Å². The fourth-order valence-electron chi connectivity index (χ4n) is 1.35. The predicted octanol–water partition coefficient (Wildman–Crippen LogP) is 0.172. The van der Waals surface area contributed by atoms with Crippen LogP contribution in [0.5, 0.6) is 0 Å². The minimum atomic E-state index is -0.658. The highest BCUT2D eigenvalue weighted by Crippen LogP contribution is 2.23. The number of hydrogen-bond donors (Lipinski definition) is 2. The van der Waals surface area contributed by atoms with Crippen LogP contribution >= 0.6 is 0 Å². The van der Waals surface area contributed by atoms with Crippen molar-refractivity contribution in [3.8, 4) is 6.07 Å². The van der Waals surface area contributed by atoms with Crippen molar-refractivity contribution in [2.45, 2.75) is 31.2 Å². The van der Waals surface area contributed by atoms with Crippen LogP contribution in [0.25, 0.3) is 0 Å². The molecule has 0 spiro atoms. The molecule has 0 saturated heterocycles. The Morgan fingerprint density at radius 1 is 1.58 bits per heavy atom. The van der Waals surface area contributed by atoms with Crippen molar-refractivity contribution in [2.75, 3.05) is 6.73 Å². The van der Waals surface area contributed by atoms with Crippen molar-refractivity contribution in [2.24, 2.45) is 10.7 Å². The van der Waals surface area contributed by atoms with Gasteiger partial charge < -0.3 is 10.8 Å². The van der Waals surface area contributed by atoms with Crippen molar-refractivity contribution in [1.29, 1.82) is 5.26 Å². The molecule has 0 amide bonds. The molecular formula is C8H13N3O. The van der Waals surface area contributed by atoms with Gasteiger partial charge in [0.2, 0.25) is 0 Å². The molecule has 4 heteroatoms. The summed E-state index contributed by atoms with van der Waals surface area (Å²) < 4.78 is 0. The first kappa shape index (κ1) is 9.17. The monoisotopic (exact) mass is 167 g/mol. The zero-order chi connectivity index (χ0) is 9.03. The molecule has 4 nitrogen and oxygen atoms in total. The third kappa shape index (κ3) is 2.03. The van der Waals surface area contributed by atoms with E-state index in [9.17, 15) is 0 Å². The Bertz CT molecular complexity index is 219. The highest BCUT2D eigenvalue weighted by molar-refractivity contribution is 5.85.